The lowest BCUT2D eigenvalue weighted by Crippen LogP contribution is -2.04. The summed E-state index contributed by atoms with van der Waals surface area (Å²) in [7, 11) is 0. The van der Waals surface area contributed by atoms with Gasteiger partial charge in [-0.2, -0.15) is 0 Å². The maximum atomic E-state index is 6.23. The van der Waals surface area contributed by atoms with Crippen LogP contribution in [-0.4, -0.2) is 9.55 Å². The fraction of sp³-hybridized carbons (Fsp3) is 0.0714. The average molecular weight is 258 g/mol. The normalized spacial score (nSPS) is 10.9. The molecular formula is C14H12ClN3. The van der Waals surface area contributed by atoms with E-state index in [-0.39, 0.29) is 0 Å². The molecule has 0 aliphatic carbocycles. The number of nitrogen functional groups attached to an aromatic ring is 1. The maximum Gasteiger partial charge on any atom is 0.201 e. The molecule has 0 unspecified atom stereocenters. The molecule has 0 aliphatic heterocycles. The predicted molar refractivity (Wildman–Crippen MR) is 74.7 cm³/mol. The SMILES string of the molecule is Nc1nc2cccc(Cl)c2n1Cc1ccccc1. The largest absolute Gasteiger partial charge is 0.369 e. The van der Waals surface area contributed by atoms with E-state index in [1.165, 1.54) is 5.56 Å². The first-order valence-electron chi connectivity index (χ1n) is 5.70. The number of nitrogens with zero attached hydrogens (tertiary/aromatic N) is 2. The quantitative estimate of drug-likeness (QED) is 0.765. The molecule has 0 fully saturated rings. The van der Waals surface area contributed by atoms with Crippen LogP contribution < -0.4 is 5.73 Å². The van der Waals surface area contributed by atoms with Gasteiger partial charge in [-0.15, -0.1) is 0 Å². The molecule has 2 aromatic carbocycles. The number of imidazole rings is 1. The van der Waals surface area contributed by atoms with Crippen LogP contribution in [0.25, 0.3) is 11.0 Å². The standard InChI is InChI=1S/C14H12ClN3/c15-11-7-4-8-12-13(11)18(14(16)17-12)9-10-5-2-1-3-6-10/h1-8H,9H2,(H2,16,17). The molecule has 3 aromatic rings. The minimum absolute atomic E-state index is 0.488. The Kier molecular flexibility index (Phi) is 2.68. The number of nitrogens with two attached hydrogens (primary N) is 1. The van der Waals surface area contributed by atoms with Gasteiger partial charge in [-0.1, -0.05) is 48.0 Å². The fourth-order valence-corrected chi connectivity index (χ4v) is 2.36. The van der Waals surface area contributed by atoms with Crippen molar-refractivity contribution in [1.82, 2.24) is 9.55 Å². The molecular weight excluding hydrogens is 246 g/mol. The van der Waals surface area contributed by atoms with Gasteiger partial charge in [-0.3, -0.25) is 0 Å². The molecule has 90 valence electrons. The second kappa shape index (κ2) is 4.35. The zero-order chi connectivity index (χ0) is 12.5. The van der Waals surface area contributed by atoms with Crippen molar-refractivity contribution in [1.29, 1.82) is 0 Å². The van der Waals surface area contributed by atoms with Gasteiger partial charge in [-0.25, -0.2) is 4.98 Å². The van der Waals surface area contributed by atoms with Gasteiger partial charge < -0.3 is 10.3 Å². The van der Waals surface area contributed by atoms with E-state index >= 15 is 0 Å². The summed E-state index contributed by atoms with van der Waals surface area (Å²) in [5, 5.41) is 0.674. The Bertz CT molecular complexity index is 689. The second-order valence-corrected chi connectivity index (χ2v) is 4.56. The Morgan fingerprint density at radius 1 is 1.06 bits per heavy atom. The van der Waals surface area contributed by atoms with E-state index in [9.17, 15) is 0 Å². The van der Waals surface area contributed by atoms with Crippen LogP contribution >= 0.6 is 11.6 Å². The Hall–Kier alpha value is -2.00. The number of halogens is 1. The van der Waals surface area contributed by atoms with Crippen LogP contribution in [0.4, 0.5) is 5.95 Å². The maximum absolute atomic E-state index is 6.23. The molecule has 1 aromatic heterocycles. The van der Waals surface area contributed by atoms with Gasteiger partial charge in [0.15, 0.2) is 0 Å². The lowest BCUT2D eigenvalue weighted by atomic mass is 10.2. The molecule has 0 saturated carbocycles. The van der Waals surface area contributed by atoms with E-state index in [0.29, 0.717) is 17.5 Å². The van der Waals surface area contributed by atoms with Crippen LogP contribution in [0, 0.1) is 0 Å². The number of hydrogen-bond acceptors (Lipinski definition) is 2. The van der Waals surface area contributed by atoms with Crippen LogP contribution in [-0.2, 0) is 6.54 Å². The van der Waals surface area contributed by atoms with Crippen molar-refractivity contribution in [3.63, 3.8) is 0 Å². The molecule has 3 rings (SSSR count). The molecule has 0 atom stereocenters. The Morgan fingerprint density at radius 3 is 2.61 bits per heavy atom. The molecule has 0 saturated heterocycles. The van der Waals surface area contributed by atoms with E-state index in [4.69, 9.17) is 17.3 Å². The van der Waals surface area contributed by atoms with E-state index < -0.39 is 0 Å². The van der Waals surface area contributed by atoms with E-state index in [0.717, 1.165) is 11.0 Å². The zero-order valence-electron chi connectivity index (χ0n) is 9.68. The monoisotopic (exact) mass is 257 g/mol. The third-order valence-electron chi connectivity index (χ3n) is 2.93. The van der Waals surface area contributed by atoms with Crippen LogP contribution in [0.15, 0.2) is 48.5 Å². The van der Waals surface area contributed by atoms with Crippen molar-refractivity contribution in [2.75, 3.05) is 5.73 Å². The highest BCUT2D eigenvalue weighted by molar-refractivity contribution is 6.35. The molecule has 0 radical (unpaired) electrons. The smallest absolute Gasteiger partial charge is 0.201 e. The van der Waals surface area contributed by atoms with E-state index in [1.54, 1.807) is 0 Å². The number of rotatable bonds is 2. The van der Waals surface area contributed by atoms with E-state index in [2.05, 4.69) is 17.1 Å². The molecule has 0 spiro atoms. The third kappa shape index (κ3) is 1.83. The van der Waals surface area contributed by atoms with Gasteiger partial charge in [0.1, 0.15) is 0 Å². The first-order valence-corrected chi connectivity index (χ1v) is 6.07. The fourth-order valence-electron chi connectivity index (χ4n) is 2.09. The Labute approximate surface area is 110 Å². The van der Waals surface area contributed by atoms with Crippen molar-refractivity contribution in [2.45, 2.75) is 6.54 Å². The summed E-state index contributed by atoms with van der Waals surface area (Å²) in [5.74, 6) is 0.488. The summed E-state index contributed by atoms with van der Waals surface area (Å²) < 4.78 is 1.94. The summed E-state index contributed by atoms with van der Waals surface area (Å²) >= 11 is 6.23. The molecule has 2 N–H and O–H groups in total. The number of aromatic nitrogens is 2. The van der Waals surface area contributed by atoms with Gasteiger partial charge in [0.05, 0.1) is 22.6 Å². The summed E-state index contributed by atoms with van der Waals surface area (Å²) in [6.07, 6.45) is 0. The Balaban J connectivity index is 2.14. The summed E-state index contributed by atoms with van der Waals surface area (Å²) in [6, 6.07) is 15.8. The first kappa shape index (κ1) is 11.1. The van der Waals surface area contributed by atoms with Crippen LogP contribution in [0.3, 0.4) is 0 Å². The number of benzene rings is 2. The molecule has 0 aliphatic rings. The van der Waals surface area contributed by atoms with E-state index in [1.807, 2.05) is 41.0 Å². The molecule has 0 bridgehead atoms. The lowest BCUT2D eigenvalue weighted by molar-refractivity contribution is 0.838. The summed E-state index contributed by atoms with van der Waals surface area (Å²) in [5.41, 5.74) is 8.85. The molecule has 18 heavy (non-hydrogen) atoms. The zero-order valence-corrected chi connectivity index (χ0v) is 10.4. The van der Waals surface area contributed by atoms with Crippen molar-refractivity contribution in [3.05, 3.63) is 59.1 Å². The molecule has 0 amide bonds. The minimum Gasteiger partial charge on any atom is -0.369 e. The summed E-state index contributed by atoms with van der Waals surface area (Å²) in [4.78, 5) is 4.33. The number of hydrogen-bond donors (Lipinski definition) is 1. The van der Waals surface area contributed by atoms with Crippen molar-refractivity contribution >= 4 is 28.6 Å². The highest BCUT2D eigenvalue weighted by Gasteiger charge is 2.11. The highest BCUT2D eigenvalue weighted by atomic mass is 35.5. The lowest BCUT2D eigenvalue weighted by Gasteiger charge is -2.07. The molecule has 1 heterocycles. The van der Waals surface area contributed by atoms with Gasteiger partial charge in [0.25, 0.3) is 0 Å². The minimum atomic E-state index is 0.488. The summed E-state index contributed by atoms with van der Waals surface area (Å²) in [6.45, 7) is 0.674. The van der Waals surface area contributed by atoms with Crippen LogP contribution in [0.5, 0.6) is 0 Å². The van der Waals surface area contributed by atoms with Gasteiger partial charge in [-0.05, 0) is 17.7 Å². The van der Waals surface area contributed by atoms with Gasteiger partial charge in [0.2, 0.25) is 5.95 Å². The van der Waals surface area contributed by atoms with Crippen LogP contribution in [0.2, 0.25) is 5.02 Å². The van der Waals surface area contributed by atoms with Crippen LogP contribution in [0.1, 0.15) is 5.56 Å². The Morgan fingerprint density at radius 2 is 1.83 bits per heavy atom. The highest BCUT2D eigenvalue weighted by Crippen LogP contribution is 2.26. The number of anilines is 1. The number of para-hydroxylation sites is 1. The first-order chi connectivity index (χ1) is 8.75. The molecule has 3 nitrogen and oxygen atoms in total. The topological polar surface area (TPSA) is 43.8 Å². The molecule has 4 heteroatoms. The third-order valence-corrected chi connectivity index (χ3v) is 3.24. The number of fused-ring (bicyclic) bond motifs is 1. The average Bonchev–Trinajstić information content (AvgIpc) is 2.69. The second-order valence-electron chi connectivity index (χ2n) is 4.15. The van der Waals surface area contributed by atoms with Crippen molar-refractivity contribution < 1.29 is 0 Å². The predicted octanol–water partition coefficient (Wildman–Crippen LogP) is 3.32. The van der Waals surface area contributed by atoms with Crippen molar-refractivity contribution in [3.8, 4) is 0 Å². The van der Waals surface area contributed by atoms with Gasteiger partial charge in [0, 0.05) is 0 Å². The van der Waals surface area contributed by atoms with Crippen molar-refractivity contribution in [2.24, 2.45) is 0 Å². The van der Waals surface area contributed by atoms with Gasteiger partial charge >= 0.3 is 0 Å².